The lowest BCUT2D eigenvalue weighted by Crippen LogP contribution is -2.04. The summed E-state index contributed by atoms with van der Waals surface area (Å²) in [5.41, 5.74) is 4.34. The molecular formula is C20H20BrNO2. The molecule has 3 rings (SSSR count). The topological polar surface area (TPSA) is 35.3 Å². The number of rotatable bonds is 6. The van der Waals surface area contributed by atoms with Gasteiger partial charge in [0.05, 0.1) is 12.3 Å². The zero-order valence-corrected chi connectivity index (χ0v) is 15.5. The van der Waals surface area contributed by atoms with Crippen LogP contribution in [0.1, 0.15) is 22.6 Å². The fraction of sp³-hybridized carbons (Fsp3) is 0.250. The Balaban J connectivity index is 1.64. The van der Waals surface area contributed by atoms with Crippen molar-refractivity contribution in [2.75, 3.05) is 6.61 Å². The van der Waals surface area contributed by atoms with E-state index in [-0.39, 0.29) is 0 Å². The van der Waals surface area contributed by atoms with Crippen molar-refractivity contribution in [1.29, 1.82) is 0 Å². The van der Waals surface area contributed by atoms with Crippen molar-refractivity contribution in [2.45, 2.75) is 25.6 Å². The lowest BCUT2D eigenvalue weighted by atomic mass is 10.1. The lowest BCUT2D eigenvalue weighted by molar-refractivity contribution is 0.317. The predicted octanol–water partition coefficient (Wildman–Crippen LogP) is 5.47. The Labute approximate surface area is 150 Å². The molecule has 0 N–H and O–H groups in total. The van der Waals surface area contributed by atoms with Crippen molar-refractivity contribution in [3.8, 4) is 17.2 Å². The summed E-state index contributed by atoms with van der Waals surface area (Å²) in [5.74, 6) is 2.44. The van der Waals surface area contributed by atoms with E-state index < -0.39 is 0 Å². The number of halogens is 1. The van der Waals surface area contributed by atoms with Gasteiger partial charge in [-0.1, -0.05) is 46.3 Å². The van der Waals surface area contributed by atoms with Crippen molar-refractivity contribution in [1.82, 2.24) is 4.98 Å². The zero-order valence-electron chi connectivity index (χ0n) is 13.9. The predicted molar refractivity (Wildman–Crippen MR) is 99.7 cm³/mol. The quantitative estimate of drug-likeness (QED) is 0.527. The number of nitrogens with zero attached hydrogens (tertiary/aromatic N) is 1. The monoisotopic (exact) mass is 385 g/mol. The highest BCUT2D eigenvalue weighted by molar-refractivity contribution is 9.08. The molecule has 0 spiro atoms. The van der Waals surface area contributed by atoms with E-state index in [2.05, 4.69) is 40.0 Å². The van der Waals surface area contributed by atoms with Gasteiger partial charge in [-0.25, -0.2) is 4.98 Å². The average Bonchev–Trinajstić information content (AvgIpc) is 2.98. The summed E-state index contributed by atoms with van der Waals surface area (Å²) in [7, 11) is 0. The number of aryl methyl sites for hydroxylation is 2. The van der Waals surface area contributed by atoms with Crippen molar-refractivity contribution in [3.05, 3.63) is 71.1 Å². The number of alkyl halides is 1. The van der Waals surface area contributed by atoms with Crippen LogP contribution in [0, 0.1) is 13.8 Å². The van der Waals surface area contributed by atoms with E-state index in [4.69, 9.17) is 9.15 Å². The first-order valence-corrected chi connectivity index (χ1v) is 9.09. The third-order valence-corrected chi connectivity index (χ3v) is 4.55. The smallest absolute Gasteiger partial charge is 0.226 e. The Kier molecular flexibility index (Phi) is 5.36. The maximum Gasteiger partial charge on any atom is 0.226 e. The summed E-state index contributed by atoms with van der Waals surface area (Å²) in [4.78, 5) is 4.61. The highest BCUT2D eigenvalue weighted by atomic mass is 79.9. The molecule has 1 aromatic heterocycles. The molecule has 4 heteroatoms. The second-order valence-electron chi connectivity index (χ2n) is 5.72. The summed E-state index contributed by atoms with van der Waals surface area (Å²) in [6.07, 6.45) is 0.724. The van der Waals surface area contributed by atoms with E-state index >= 15 is 0 Å². The van der Waals surface area contributed by atoms with Gasteiger partial charge in [-0.05, 0) is 43.2 Å². The molecule has 3 aromatic rings. The van der Waals surface area contributed by atoms with Crippen LogP contribution in [-0.4, -0.2) is 11.6 Å². The molecule has 0 atom stereocenters. The molecule has 124 valence electrons. The van der Waals surface area contributed by atoms with Gasteiger partial charge in [0.1, 0.15) is 11.5 Å². The van der Waals surface area contributed by atoms with Crippen molar-refractivity contribution in [2.24, 2.45) is 0 Å². The van der Waals surface area contributed by atoms with Gasteiger partial charge < -0.3 is 9.15 Å². The molecule has 0 radical (unpaired) electrons. The van der Waals surface area contributed by atoms with E-state index in [1.165, 1.54) is 5.56 Å². The van der Waals surface area contributed by atoms with E-state index in [0.29, 0.717) is 12.5 Å². The van der Waals surface area contributed by atoms with Gasteiger partial charge >= 0.3 is 0 Å². The molecular weight excluding hydrogens is 366 g/mol. The molecule has 0 saturated heterocycles. The Hall–Kier alpha value is -2.07. The van der Waals surface area contributed by atoms with E-state index in [0.717, 1.165) is 40.1 Å². The van der Waals surface area contributed by atoms with Crippen LogP contribution in [0.5, 0.6) is 5.75 Å². The zero-order chi connectivity index (χ0) is 16.9. The molecule has 1 heterocycles. The van der Waals surface area contributed by atoms with Crippen molar-refractivity contribution < 1.29 is 9.15 Å². The fourth-order valence-corrected chi connectivity index (χ4v) is 2.93. The molecule has 0 fully saturated rings. The molecule has 0 saturated carbocycles. The van der Waals surface area contributed by atoms with Gasteiger partial charge in [0.2, 0.25) is 5.89 Å². The number of ether oxygens (including phenoxy) is 1. The number of benzene rings is 2. The van der Waals surface area contributed by atoms with E-state index in [1.54, 1.807) is 0 Å². The van der Waals surface area contributed by atoms with E-state index in [1.807, 2.05) is 43.3 Å². The number of hydrogen-bond donors (Lipinski definition) is 0. The molecule has 24 heavy (non-hydrogen) atoms. The Morgan fingerprint density at radius 1 is 1.08 bits per heavy atom. The molecule has 3 nitrogen and oxygen atoms in total. The van der Waals surface area contributed by atoms with Crippen LogP contribution in [0.2, 0.25) is 0 Å². The Morgan fingerprint density at radius 3 is 2.58 bits per heavy atom. The van der Waals surface area contributed by atoms with Crippen LogP contribution in [0.15, 0.2) is 52.9 Å². The van der Waals surface area contributed by atoms with Gasteiger partial charge in [-0.2, -0.15) is 0 Å². The van der Waals surface area contributed by atoms with Crippen LogP contribution in [0.4, 0.5) is 0 Å². The van der Waals surface area contributed by atoms with Crippen molar-refractivity contribution >= 4 is 15.9 Å². The molecule has 0 amide bonds. The van der Waals surface area contributed by atoms with Gasteiger partial charge in [0.25, 0.3) is 0 Å². The van der Waals surface area contributed by atoms with Crippen LogP contribution < -0.4 is 4.74 Å². The summed E-state index contributed by atoms with van der Waals surface area (Å²) in [5, 5.41) is 0.856. The summed E-state index contributed by atoms with van der Waals surface area (Å²) >= 11 is 3.47. The maximum absolute atomic E-state index is 5.91. The third-order valence-electron chi connectivity index (χ3n) is 3.90. The minimum atomic E-state index is 0.579. The highest BCUT2D eigenvalue weighted by Gasteiger charge is 2.11. The molecule has 2 aromatic carbocycles. The van der Waals surface area contributed by atoms with Gasteiger partial charge in [-0.15, -0.1) is 0 Å². The SMILES string of the molecule is Cc1cc(CBr)ccc1OCCc1nc(-c2ccccc2)oc1C. The normalized spacial score (nSPS) is 10.8. The number of hydrogen-bond acceptors (Lipinski definition) is 3. The van der Waals surface area contributed by atoms with Gasteiger partial charge in [0, 0.05) is 17.3 Å². The Bertz CT molecular complexity index is 812. The number of aromatic nitrogens is 1. The van der Waals surface area contributed by atoms with Crippen LogP contribution >= 0.6 is 15.9 Å². The fourth-order valence-electron chi connectivity index (χ4n) is 2.58. The van der Waals surface area contributed by atoms with Crippen LogP contribution in [0.3, 0.4) is 0 Å². The number of oxazole rings is 1. The molecule has 0 bridgehead atoms. The van der Waals surface area contributed by atoms with E-state index in [9.17, 15) is 0 Å². The van der Waals surface area contributed by atoms with Crippen LogP contribution in [-0.2, 0) is 11.8 Å². The first-order chi connectivity index (χ1) is 11.7. The lowest BCUT2D eigenvalue weighted by Gasteiger charge is -2.09. The molecule has 0 aliphatic carbocycles. The minimum absolute atomic E-state index is 0.579. The first kappa shape index (κ1) is 16.8. The highest BCUT2D eigenvalue weighted by Crippen LogP contribution is 2.23. The molecule has 0 aliphatic heterocycles. The molecule has 0 aliphatic rings. The van der Waals surface area contributed by atoms with Crippen LogP contribution in [0.25, 0.3) is 11.5 Å². The third kappa shape index (κ3) is 3.88. The first-order valence-electron chi connectivity index (χ1n) is 7.97. The maximum atomic E-state index is 5.91. The minimum Gasteiger partial charge on any atom is -0.493 e. The summed E-state index contributed by atoms with van der Waals surface area (Å²) < 4.78 is 11.7. The summed E-state index contributed by atoms with van der Waals surface area (Å²) in [6, 6.07) is 16.2. The van der Waals surface area contributed by atoms with Gasteiger partial charge in [0.15, 0.2) is 0 Å². The standard InChI is InChI=1S/C20H20BrNO2/c1-14-12-16(13-21)8-9-19(14)23-11-10-18-15(2)24-20(22-18)17-6-4-3-5-7-17/h3-9,12H,10-11,13H2,1-2H3. The average molecular weight is 386 g/mol. The Morgan fingerprint density at radius 2 is 1.88 bits per heavy atom. The summed E-state index contributed by atoms with van der Waals surface area (Å²) in [6.45, 7) is 4.59. The molecule has 0 unspecified atom stereocenters. The second kappa shape index (κ2) is 7.67. The largest absolute Gasteiger partial charge is 0.493 e. The second-order valence-corrected chi connectivity index (χ2v) is 6.28. The van der Waals surface area contributed by atoms with Gasteiger partial charge in [-0.3, -0.25) is 0 Å². The van der Waals surface area contributed by atoms with Crippen molar-refractivity contribution in [3.63, 3.8) is 0 Å².